The number of fused-ring (bicyclic) bond motifs is 1. The molecule has 2 heterocycles. The molecule has 1 unspecified atom stereocenters. The first-order valence-corrected chi connectivity index (χ1v) is 8.54. The maximum Gasteiger partial charge on any atom is 0.229 e. The molecule has 2 aliphatic rings. The lowest BCUT2D eigenvalue weighted by Crippen LogP contribution is -2.58. The Balaban J connectivity index is 1.33. The first kappa shape index (κ1) is 15.8. The van der Waals surface area contributed by atoms with Crippen molar-refractivity contribution in [3.8, 4) is 17.2 Å². The predicted molar refractivity (Wildman–Crippen MR) is 93.1 cm³/mol. The number of methoxy groups -OCH3 is 1. The van der Waals surface area contributed by atoms with Crippen molar-refractivity contribution in [3.05, 3.63) is 54.1 Å². The summed E-state index contributed by atoms with van der Waals surface area (Å²) >= 11 is 0. The summed E-state index contributed by atoms with van der Waals surface area (Å²) in [7, 11) is 1.62. The highest BCUT2D eigenvalue weighted by Crippen LogP contribution is 2.31. The van der Waals surface area contributed by atoms with Crippen LogP contribution in [0.15, 0.2) is 48.5 Å². The Morgan fingerprint density at radius 1 is 1.08 bits per heavy atom. The number of para-hydroxylation sites is 3. The van der Waals surface area contributed by atoms with Gasteiger partial charge in [-0.05, 0) is 30.2 Å². The largest absolute Gasteiger partial charge is 0.493 e. The molecular weight excluding hydrogens is 318 g/mol. The van der Waals surface area contributed by atoms with Crippen molar-refractivity contribution < 1.29 is 19.0 Å². The third-order valence-electron chi connectivity index (χ3n) is 4.75. The number of carbonyl (C=O) groups excluding carboxylic acids is 1. The van der Waals surface area contributed by atoms with Gasteiger partial charge in [-0.15, -0.1) is 0 Å². The molecule has 1 amide bonds. The van der Waals surface area contributed by atoms with Crippen LogP contribution in [0.25, 0.3) is 0 Å². The highest BCUT2D eigenvalue weighted by Gasteiger charge is 2.37. The Morgan fingerprint density at radius 2 is 1.80 bits per heavy atom. The molecule has 0 saturated carbocycles. The Morgan fingerprint density at radius 3 is 2.60 bits per heavy atom. The van der Waals surface area contributed by atoms with Crippen molar-refractivity contribution in [2.24, 2.45) is 5.92 Å². The average Bonchev–Trinajstić information content (AvgIpc) is 2.63. The van der Waals surface area contributed by atoms with Crippen molar-refractivity contribution >= 4 is 5.91 Å². The third kappa shape index (κ3) is 3.14. The Bertz CT molecular complexity index is 770. The Kier molecular flexibility index (Phi) is 4.22. The second-order valence-corrected chi connectivity index (χ2v) is 6.45. The van der Waals surface area contributed by atoms with Gasteiger partial charge in [-0.3, -0.25) is 4.79 Å². The van der Waals surface area contributed by atoms with Crippen LogP contribution in [-0.4, -0.2) is 43.7 Å². The molecular formula is C20H21NO4. The van der Waals surface area contributed by atoms with Gasteiger partial charge < -0.3 is 19.1 Å². The van der Waals surface area contributed by atoms with Crippen LogP contribution in [0.4, 0.5) is 0 Å². The molecule has 4 rings (SSSR count). The second kappa shape index (κ2) is 6.67. The summed E-state index contributed by atoms with van der Waals surface area (Å²) in [5.41, 5.74) is 1.11. The fourth-order valence-electron chi connectivity index (χ4n) is 3.33. The van der Waals surface area contributed by atoms with E-state index in [4.69, 9.17) is 14.2 Å². The topological polar surface area (TPSA) is 48.0 Å². The highest BCUT2D eigenvalue weighted by molar-refractivity contribution is 5.80. The van der Waals surface area contributed by atoms with Crippen LogP contribution in [0, 0.1) is 5.92 Å². The fourth-order valence-corrected chi connectivity index (χ4v) is 3.33. The number of hydrogen-bond donors (Lipinski definition) is 0. The van der Waals surface area contributed by atoms with Gasteiger partial charge in [0.1, 0.15) is 18.5 Å². The van der Waals surface area contributed by atoms with Crippen molar-refractivity contribution in [2.75, 3.05) is 26.8 Å². The van der Waals surface area contributed by atoms with Crippen LogP contribution in [0.5, 0.6) is 17.2 Å². The normalized spacial score (nSPS) is 19.4. The second-order valence-electron chi connectivity index (χ2n) is 6.45. The molecule has 0 spiro atoms. The monoisotopic (exact) mass is 339 g/mol. The number of likely N-dealkylation sites (tertiary alicyclic amines) is 1. The van der Waals surface area contributed by atoms with Gasteiger partial charge in [0, 0.05) is 0 Å². The summed E-state index contributed by atoms with van der Waals surface area (Å²) in [5.74, 6) is 2.37. The SMILES string of the molecule is COc1ccccc1OC1CN(C(=O)C2COc3ccccc3C2)C1. The summed E-state index contributed by atoms with van der Waals surface area (Å²) in [5, 5.41) is 0. The minimum absolute atomic E-state index is 0.0112. The number of hydrogen-bond acceptors (Lipinski definition) is 4. The van der Waals surface area contributed by atoms with Gasteiger partial charge >= 0.3 is 0 Å². The first-order valence-electron chi connectivity index (χ1n) is 8.54. The molecule has 130 valence electrons. The predicted octanol–water partition coefficient (Wildman–Crippen LogP) is 2.54. The molecule has 0 aromatic heterocycles. The van der Waals surface area contributed by atoms with Crippen molar-refractivity contribution in [3.63, 3.8) is 0 Å². The molecule has 5 heteroatoms. The first-order chi connectivity index (χ1) is 12.2. The van der Waals surface area contributed by atoms with Crippen molar-refractivity contribution in [1.82, 2.24) is 4.90 Å². The Labute approximate surface area is 147 Å². The molecule has 0 radical (unpaired) electrons. The summed E-state index contributed by atoms with van der Waals surface area (Å²) in [6.07, 6.45) is 0.751. The highest BCUT2D eigenvalue weighted by atomic mass is 16.5. The van der Waals surface area contributed by atoms with Gasteiger partial charge in [0.25, 0.3) is 0 Å². The lowest BCUT2D eigenvalue weighted by atomic mass is 9.94. The number of nitrogens with zero attached hydrogens (tertiary/aromatic N) is 1. The molecule has 2 aliphatic heterocycles. The molecule has 0 bridgehead atoms. The van der Waals surface area contributed by atoms with E-state index in [1.54, 1.807) is 7.11 Å². The average molecular weight is 339 g/mol. The Hall–Kier alpha value is -2.69. The summed E-state index contributed by atoms with van der Waals surface area (Å²) in [6.45, 7) is 1.66. The van der Waals surface area contributed by atoms with E-state index in [-0.39, 0.29) is 17.9 Å². The number of amides is 1. The molecule has 1 atom stereocenters. The lowest BCUT2D eigenvalue weighted by Gasteiger charge is -2.41. The van der Waals surface area contributed by atoms with Gasteiger partial charge in [-0.25, -0.2) is 0 Å². The van der Waals surface area contributed by atoms with Crippen LogP contribution in [-0.2, 0) is 11.2 Å². The van der Waals surface area contributed by atoms with Gasteiger partial charge in [-0.1, -0.05) is 30.3 Å². The summed E-state index contributed by atoms with van der Waals surface area (Å²) < 4.78 is 17.0. The van der Waals surface area contributed by atoms with E-state index < -0.39 is 0 Å². The van der Waals surface area contributed by atoms with Crippen molar-refractivity contribution in [1.29, 1.82) is 0 Å². The van der Waals surface area contributed by atoms with E-state index in [1.807, 2.05) is 53.4 Å². The molecule has 1 fully saturated rings. The summed E-state index contributed by atoms with van der Waals surface area (Å²) in [4.78, 5) is 14.5. The third-order valence-corrected chi connectivity index (χ3v) is 4.75. The van der Waals surface area contributed by atoms with E-state index in [1.165, 1.54) is 0 Å². The minimum atomic E-state index is -0.109. The fraction of sp³-hybridized carbons (Fsp3) is 0.350. The van der Waals surface area contributed by atoms with Gasteiger partial charge in [-0.2, -0.15) is 0 Å². The standard InChI is InChI=1S/C20H21NO4/c1-23-18-8-4-5-9-19(18)25-16-11-21(12-16)20(22)15-10-14-6-2-3-7-17(14)24-13-15/h2-9,15-16H,10-13H2,1H3. The zero-order valence-corrected chi connectivity index (χ0v) is 14.2. The zero-order chi connectivity index (χ0) is 17.2. The van der Waals surface area contributed by atoms with Gasteiger partial charge in [0.15, 0.2) is 11.5 Å². The number of carbonyl (C=O) groups is 1. The van der Waals surface area contributed by atoms with Gasteiger partial charge in [0.2, 0.25) is 5.91 Å². The van der Waals surface area contributed by atoms with E-state index in [2.05, 4.69) is 0 Å². The number of benzene rings is 2. The van der Waals surface area contributed by atoms with E-state index in [0.717, 1.165) is 23.5 Å². The van der Waals surface area contributed by atoms with Crippen LogP contribution in [0.3, 0.4) is 0 Å². The maximum atomic E-state index is 12.7. The van der Waals surface area contributed by atoms with Crippen molar-refractivity contribution in [2.45, 2.75) is 12.5 Å². The molecule has 2 aromatic carbocycles. The minimum Gasteiger partial charge on any atom is -0.493 e. The quantitative estimate of drug-likeness (QED) is 0.859. The van der Waals surface area contributed by atoms with Crippen LogP contribution >= 0.6 is 0 Å². The van der Waals surface area contributed by atoms with E-state index in [0.29, 0.717) is 25.4 Å². The van der Waals surface area contributed by atoms with E-state index in [9.17, 15) is 4.79 Å². The van der Waals surface area contributed by atoms with E-state index >= 15 is 0 Å². The molecule has 1 saturated heterocycles. The van der Waals surface area contributed by atoms with Gasteiger partial charge in [0.05, 0.1) is 26.1 Å². The number of ether oxygens (including phenoxy) is 3. The maximum absolute atomic E-state index is 12.7. The number of rotatable bonds is 4. The lowest BCUT2D eigenvalue weighted by molar-refractivity contribution is -0.145. The molecule has 0 aliphatic carbocycles. The van der Waals surface area contributed by atoms with Crippen LogP contribution in [0.2, 0.25) is 0 Å². The summed E-state index contributed by atoms with van der Waals surface area (Å²) in [6, 6.07) is 15.5. The molecule has 2 aromatic rings. The zero-order valence-electron chi connectivity index (χ0n) is 14.2. The molecule has 5 nitrogen and oxygen atoms in total. The van der Waals surface area contributed by atoms with Crippen LogP contribution in [0.1, 0.15) is 5.56 Å². The van der Waals surface area contributed by atoms with Crippen LogP contribution < -0.4 is 14.2 Å². The molecule has 0 N–H and O–H groups in total. The smallest absolute Gasteiger partial charge is 0.229 e. The molecule has 25 heavy (non-hydrogen) atoms.